The van der Waals surface area contributed by atoms with E-state index in [9.17, 15) is 9.59 Å². The van der Waals surface area contributed by atoms with Gasteiger partial charge in [0.25, 0.3) is 5.91 Å². The van der Waals surface area contributed by atoms with Crippen LogP contribution in [0.2, 0.25) is 5.02 Å². The Balaban J connectivity index is 1.86. The molecule has 1 aromatic heterocycles. The number of benzene rings is 1. The smallest absolute Gasteiger partial charge is 0.338 e. The van der Waals surface area contributed by atoms with Gasteiger partial charge in [0, 0.05) is 11.2 Å². The second-order valence-corrected chi connectivity index (χ2v) is 4.29. The van der Waals surface area contributed by atoms with Gasteiger partial charge in [-0.25, -0.2) is 9.78 Å². The number of nitrogens with zero attached hydrogens (tertiary/aromatic N) is 1. The van der Waals surface area contributed by atoms with Gasteiger partial charge in [-0.15, -0.1) is 0 Å². The maximum Gasteiger partial charge on any atom is 0.338 e. The molecule has 0 atom stereocenters. The Hall–Kier alpha value is -2.40. The second-order valence-electron chi connectivity index (χ2n) is 3.85. The van der Waals surface area contributed by atoms with Gasteiger partial charge in [0.2, 0.25) is 0 Å². The topological polar surface area (TPSA) is 68.3 Å². The molecule has 102 valence electrons. The molecule has 6 heteroatoms. The van der Waals surface area contributed by atoms with Gasteiger partial charge in [-0.1, -0.05) is 23.7 Å². The van der Waals surface area contributed by atoms with E-state index in [1.807, 2.05) is 0 Å². The van der Waals surface area contributed by atoms with E-state index in [2.05, 4.69) is 10.3 Å². The Morgan fingerprint density at radius 2 is 2.05 bits per heavy atom. The van der Waals surface area contributed by atoms with Crippen LogP contribution in [0.15, 0.2) is 48.7 Å². The van der Waals surface area contributed by atoms with Gasteiger partial charge >= 0.3 is 5.97 Å². The van der Waals surface area contributed by atoms with Gasteiger partial charge in [-0.2, -0.15) is 0 Å². The van der Waals surface area contributed by atoms with Crippen LogP contribution >= 0.6 is 11.6 Å². The molecule has 1 amide bonds. The number of halogens is 1. The van der Waals surface area contributed by atoms with Gasteiger partial charge in [0.1, 0.15) is 5.82 Å². The van der Waals surface area contributed by atoms with Crippen molar-refractivity contribution in [3.05, 3.63) is 59.2 Å². The molecule has 0 unspecified atom stereocenters. The number of amides is 1. The molecule has 2 aromatic rings. The van der Waals surface area contributed by atoms with Crippen LogP contribution in [0.25, 0.3) is 0 Å². The lowest BCUT2D eigenvalue weighted by Crippen LogP contribution is -2.21. The minimum Gasteiger partial charge on any atom is -0.452 e. The first kappa shape index (κ1) is 14.0. The lowest BCUT2D eigenvalue weighted by atomic mass is 10.2. The minimum atomic E-state index is -0.608. The highest BCUT2D eigenvalue weighted by Gasteiger charge is 2.10. The van der Waals surface area contributed by atoms with Crippen molar-refractivity contribution in [2.24, 2.45) is 0 Å². The number of carbonyl (C=O) groups is 2. The quantitative estimate of drug-likeness (QED) is 0.879. The molecule has 1 aromatic carbocycles. The molecule has 0 aliphatic rings. The summed E-state index contributed by atoms with van der Waals surface area (Å²) in [6, 6.07) is 11.4. The number of esters is 1. The monoisotopic (exact) mass is 290 g/mol. The zero-order valence-corrected chi connectivity index (χ0v) is 11.1. The van der Waals surface area contributed by atoms with E-state index in [4.69, 9.17) is 16.3 Å². The van der Waals surface area contributed by atoms with Crippen molar-refractivity contribution in [3.8, 4) is 0 Å². The van der Waals surface area contributed by atoms with Gasteiger partial charge in [0.05, 0.1) is 5.56 Å². The molecule has 0 aliphatic carbocycles. The number of nitrogens with one attached hydrogen (secondary N) is 1. The first-order valence-electron chi connectivity index (χ1n) is 5.79. The van der Waals surface area contributed by atoms with Crippen molar-refractivity contribution in [2.75, 3.05) is 11.9 Å². The summed E-state index contributed by atoms with van der Waals surface area (Å²) in [5, 5.41) is 2.93. The van der Waals surface area contributed by atoms with Crippen LogP contribution in [0, 0.1) is 0 Å². The lowest BCUT2D eigenvalue weighted by Gasteiger charge is -2.06. The van der Waals surface area contributed by atoms with Crippen LogP contribution in [0.1, 0.15) is 10.4 Å². The molecule has 0 aliphatic heterocycles. The molecule has 0 spiro atoms. The van der Waals surface area contributed by atoms with Crippen LogP contribution in [-0.2, 0) is 9.53 Å². The third kappa shape index (κ3) is 4.07. The molecule has 0 radical (unpaired) electrons. The van der Waals surface area contributed by atoms with E-state index in [0.717, 1.165) is 0 Å². The van der Waals surface area contributed by atoms with E-state index in [1.54, 1.807) is 42.6 Å². The Morgan fingerprint density at radius 3 is 2.75 bits per heavy atom. The normalized spacial score (nSPS) is 9.85. The highest BCUT2D eigenvalue weighted by atomic mass is 35.5. The highest BCUT2D eigenvalue weighted by molar-refractivity contribution is 6.30. The van der Waals surface area contributed by atoms with E-state index < -0.39 is 11.9 Å². The number of ether oxygens (including phenoxy) is 1. The molecule has 5 nitrogen and oxygen atoms in total. The summed E-state index contributed by atoms with van der Waals surface area (Å²) in [7, 11) is 0. The Kier molecular flexibility index (Phi) is 4.68. The van der Waals surface area contributed by atoms with Crippen molar-refractivity contribution < 1.29 is 14.3 Å². The Morgan fingerprint density at radius 1 is 1.20 bits per heavy atom. The van der Waals surface area contributed by atoms with Crippen molar-refractivity contribution in [3.63, 3.8) is 0 Å². The number of anilines is 1. The van der Waals surface area contributed by atoms with Gasteiger partial charge in [-0.3, -0.25) is 4.79 Å². The summed E-state index contributed by atoms with van der Waals surface area (Å²) in [5.41, 5.74) is 0.295. The highest BCUT2D eigenvalue weighted by Crippen LogP contribution is 2.11. The maximum atomic E-state index is 11.7. The maximum absolute atomic E-state index is 11.7. The predicted octanol–water partition coefficient (Wildman–Crippen LogP) is 2.53. The van der Waals surface area contributed by atoms with E-state index in [-0.39, 0.29) is 6.61 Å². The zero-order chi connectivity index (χ0) is 14.4. The second kappa shape index (κ2) is 6.68. The van der Waals surface area contributed by atoms with Crippen LogP contribution < -0.4 is 5.32 Å². The number of hydrogen-bond acceptors (Lipinski definition) is 4. The fourth-order valence-corrected chi connectivity index (χ4v) is 1.64. The molecule has 0 bridgehead atoms. The SMILES string of the molecule is O=C(COC(=O)c1cccc(Cl)c1)Nc1ccccn1. The van der Waals surface area contributed by atoms with Crippen molar-refractivity contribution in [1.82, 2.24) is 4.98 Å². The van der Waals surface area contributed by atoms with Crippen molar-refractivity contribution >= 4 is 29.3 Å². The summed E-state index contributed by atoms with van der Waals surface area (Å²) in [4.78, 5) is 27.2. The molecule has 0 saturated heterocycles. The number of aromatic nitrogens is 1. The number of rotatable bonds is 4. The first-order chi connectivity index (χ1) is 9.65. The third-order valence-corrected chi connectivity index (χ3v) is 2.56. The van der Waals surface area contributed by atoms with Crippen LogP contribution in [0.4, 0.5) is 5.82 Å². The van der Waals surface area contributed by atoms with E-state index in [1.165, 1.54) is 6.07 Å². The van der Waals surface area contributed by atoms with Crippen LogP contribution in [-0.4, -0.2) is 23.5 Å². The number of hydrogen-bond donors (Lipinski definition) is 1. The molecule has 1 heterocycles. The minimum absolute atomic E-state index is 0.295. The average molecular weight is 291 g/mol. The van der Waals surface area contributed by atoms with Gasteiger partial charge < -0.3 is 10.1 Å². The Labute approximate surface area is 120 Å². The predicted molar refractivity (Wildman–Crippen MR) is 74.6 cm³/mol. The number of carbonyl (C=O) groups excluding carboxylic acids is 2. The summed E-state index contributed by atoms with van der Waals surface area (Å²) in [5.74, 6) is -0.668. The van der Waals surface area contributed by atoms with Crippen molar-refractivity contribution in [1.29, 1.82) is 0 Å². The first-order valence-corrected chi connectivity index (χ1v) is 6.16. The summed E-state index contributed by atoms with van der Waals surface area (Å²) < 4.78 is 4.88. The summed E-state index contributed by atoms with van der Waals surface area (Å²) in [6.45, 7) is -0.387. The van der Waals surface area contributed by atoms with Crippen LogP contribution in [0.5, 0.6) is 0 Å². The van der Waals surface area contributed by atoms with Crippen LogP contribution in [0.3, 0.4) is 0 Å². The molecule has 0 saturated carbocycles. The molecule has 20 heavy (non-hydrogen) atoms. The zero-order valence-electron chi connectivity index (χ0n) is 10.4. The van der Waals surface area contributed by atoms with Crippen molar-refractivity contribution in [2.45, 2.75) is 0 Å². The average Bonchev–Trinajstić information content (AvgIpc) is 2.46. The fraction of sp³-hybridized carbons (Fsp3) is 0.0714. The summed E-state index contributed by atoms with van der Waals surface area (Å²) in [6.07, 6.45) is 1.55. The molecule has 2 rings (SSSR count). The van der Waals surface area contributed by atoms with E-state index >= 15 is 0 Å². The lowest BCUT2D eigenvalue weighted by molar-refractivity contribution is -0.119. The molecular formula is C14H11ClN2O3. The third-order valence-electron chi connectivity index (χ3n) is 2.33. The largest absolute Gasteiger partial charge is 0.452 e. The standard InChI is InChI=1S/C14H11ClN2O3/c15-11-5-3-4-10(8-11)14(19)20-9-13(18)17-12-6-1-2-7-16-12/h1-8H,9H2,(H,16,17,18). The van der Waals surface area contributed by atoms with Gasteiger partial charge in [-0.05, 0) is 30.3 Å². The Bertz CT molecular complexity index is 617. The fourth-order valence-electron chi connectivity index (χ4n) is 1.45. The van der Waals surface area contributed by atoms with E-state index in [0.29, 0.717) is 16.4 Å². The van der Waals surface area contributed by atoms with Gasteiger partial charge in [0.15, 0.2) is 6.61 Å². The summed E-state index contributed by atoms with van der Waals surface area (Å²) >= 11 is 5.76. The molecule has 0 fully saturated rings. The number of pyridine rings is 1. The molecular weight excluding hydrogens is 280 g/mol. The molecule has 1 N–H and O–H groups in total.